The van der Waals surface area contributed by atoms with E-state index >= 15 is 0 Å². The minimum absolute atomic E-state index is 0.0755. The third-order valence-electron chi connectivity index (χ3n) is 5.15. The quantitative estimate of drug-likeness (QED) is 0.614. The van der Waals surface area contributed by atoms with Gasteiger partial charge in [0.25, 0.3) is 0 Å². The number of carbonyl (C=O) groups excluding carboxylic acids is 1. The molecule has 2 aliphatic rings. The van der Waals surface area contributed by atoms with Crippen molar-refractivity contribution in [1.82, 2.24) is 4.90 Å². The number of rotatable bonds is 2. The summed E-state index contributed by atoms with van der Waals surface area (Å²) in [5, 5.41) is 0. The number of nitrogen functional groups attached to an aromatic ring is 1. The zero-order chi connectivity index (χ0) is 19.6. The summed E-state index contributed by atoms with van der Waals surface area (Å²) in [4.78, 5) is 16.8. The van der Waals surface area contributed by atoms with E-state index in [1.807, 2.05) is 62.9 Å². The van der Waals surface area contributed by atoms with Crippen molar-refractivity contribution >= 4 is 17.3 Å². The van der Waals surface area contributed by atoms with Crippen molar-refractivity contribution in [2.45, 2.75) is 53.9 Å². The number of nitrogens with two attached hydrogens (primary N) is 1. The zero-order valence-corrected chi connectivity index (χ0v) is 17.3. The summed E-state index contributed by atoms with van der Waals surface area (Å²) in [5.41, 5.74) is 7.86. The van der Waals surface area contributed by atoms with E-state index in [-0.39, 0.29) is 5.41 Å². The van der Waals surface area contributed by atoms with Gasteiger partial charge in [-0.05, 0) is 38.8 Å². The summed E-state index contributed by atoms with van der Waals surface area (Å²) in [6, 6.07) is 7.96. The van der Waals surface area contributed by atoms with Crippen LogP contribution in [0.4, 0.5) is 11.4 Å². The SMILES string of the molecule is C/C=C\C.CC.CC1(C(=O)N2CCN(c3ccccc3N)CC2)CCC1. The number of nitrogens with zero attached hydrogens (tertiary/aromatic N) is 2. The Hall–Kier alpha value is -1.97. The lowest BCUT2D eigenvalue weighted by atomic mass is 9.69. The smallest absolute Gasteiger partial charge is 0.228 e. The second kappa shape index (κ2) is 10.9. The largest absolute Gasteiger partial charge is 0.397 e. The number of hydrogen-bond donors (Lipinski definition) is 1. The van der Waals surface area contributed by atoms with Gasteiger partial charge in [-0.15, -0.1) is 0 Å². The Bertz CT molecular complexity index is 567. The molecule has 4 nitrogen and oxygen atoms in total. The topological polar surface area (TPSA) is 49.6 Å². The highest BCUT2D eigenvalue weighted by atomic mass is 16.2. The first-order chi connectivity index (χ1) is 12.5. The molecule has 0 aromatic heterocycles. The predicted molar refractivity (Wildman–Crippen MR) is 113 cm³/mol. The van der Waals surface area contributed by atoms with Gasteiger partial charge in [0.2, 0.25) is 5.91 Å². The second-order valence-corrected chi connectivity index (χ2v) is 6.92. The minimum atomic E-state index is -0.0755. The van der Waals surface area contributed by atoms with Crippen LogP contribution in [0.25, 0.3) is 0 Å². The molecule has 3 rings (SSSR count). The summed E-state index contributed by atoms with van der Waals surface area (Å²) in [7, 11) is 0. The molecule has 26 heavy (non-hydrogen) atoms. The molecule has 1 aromatic carbocycles. The Balaban J connectivity index is 0.000000500. The number of para-hydroxylation sites is 2. The summed E-state index contributed by atoms with van der Waals surface area (Å²) in [5.74, 6) is 0.351. The molecule has 1 heterocycles. The van der Waals surface area contributed by atoms with Gasteiger partial charge in [-0.2, -0.15) is 0 Å². The van der Waals surface area contributed by atoms with Crippen molar-refractivity contribution in [2.24, 2.45) is 5.41 Å². The molecule has 0 spiro atoms. The van der Waals surface area contributed by atoms with Gasteiger partial charge in [0, 0.05) is 31.6 Å². The zero-order valence-electron chi connectivity index (χ0n) is 17.3. The first-order valence-electron chi connectivity index (χ1n) is 9.98. The number of piperazine rings is 1. The van der Waals surface area contributed by atoms with E-state index in [0.717, 1.165) is 50.4 Å². The fourth-order valence-electron chi connectivity index (χ4n) is 3.23. The Morgan fingerprint density at radius 1 is 1.04 bits per heavy atom. The number of benzene rings is 1. The van der Waals surface area contributed by atoms with E-state index in [0.29, 0.717) is 5.91 Å². The average Bonchev–Trinajstić information content (AvgIpc) is 2.68. The van der Waals surface area contributed by atoms with Crippen LogP contribution in [0.5, 0.6) is 0 Å². The third-order valence-corrected chi connectivity index (χ3v) is 5.15. The normalized spacial score (nSPS) is 18.2. The second-order valence-electron chi connectivity index (χ2n) is 6.92. The molecule has 2 fully saturated rings. The molecular formula is C22H37N3O. The Morgan fingerprint density at radius 3 is 2.00 bits per heavy atom. The maximum Gasteiger partial charge on any atom is 0.228 e. The first kappa shape index (κ1) is 22.1. The number of anilines is 2. The van der Waals surface area contributed by atoms with Crippen LogP contribution in [-0.4, -0.2) is 37.0 Å². The van der Waals surface area contributed by atoms with Gasteiger partial charge in [-0.3, -0.25) is 4.79 Å². The van der Waals surface area contributed by atoms with E-state index in [2.05, 4.69) is 17.9 Å². The van der Waals surface area contributed by atoms with Crippen LogP contribution < -0.4 is 10.6 Å². The molecule has 1 aromatic rings. The summed E-state index contributed by atoms with van der Waals surface area (Å²) < 4.78 is 0. The van der Waals surface area contributed by atoms with Crippen molar-refractivity contribution in [3.8, 4) is 0 Å². The van der Waals surface area contributed by atoms with E-state index in [1.165, 1.54) is 6.42 Å². The summed E-state index contributed by atoms with van der Waals surface area (Å²) in [6.07, 6.45) is 7.30. The number of amides is 1. The molecule has 1 saturated carbocycles. The van der Waals surface area contributed by atoms with Crippen molar-refractivity contribution in [1.29, 1.82) is 0 Å². The van der Waals surface area contributed by atoms with Gasteiger partial charge in [-0.25, -0.2) is 0 Å². The molecule has 1 saturated heterocycles. The lowest BCUT2D eigenvalue weighted by Crippen LogP contribution is -2.54. The van der Waals surface area contributed by atoms with Crippen LogP contribution in [0.3, 0.4) is 0 Å². The molecule has 146 valence electrons. The highest BCUT2D eigenvalue weighted by Gasteiger charge is 2.42. The Morgan fingerprint density at radius 2 is 1.58 bits per heavy atom. The van der Waals surface area contributed by atoms with Crippen molar-refractivity contribution < 1.29 is 4.79 Å². The van der Waals surface area contributed by atoms with E-state index < -0.39 is 0 Å². The van der Waals surface area contributed by atoms with Crippen LogP contribution >= 0.6 is 0 Å². The molecule has 4 heteroatoms. The highest BCUT2D eigenvalue weighted by molar-refractivity contribution is 5.83. The molecule has 0 radical (unpaired) electrons. The lowest BCUT2D eigenvalue weighted by Gasteiger charge is -2.44. The molecule has 1 amide bonds. The molecule has 1 aliphatic heterocycles. The van der Waals surface area contributed by atoms with Crippen LogP contribution in [-0.2, 0) is 4.79 Å². The average molecular weight is 360 g/mol. The number of allylic oxidation sites excluding steroid dienone is 2. The maximum absolute atomic E-state index is 12.5. The molecule has 1 aliphatic carbocycles. The van der Waals surface area contributed by atoms with Gasteiger partial charge in [0.05, 0.1) is 11.4 Å². The van der Waals surface area contributed by atoms with Gasteiger partial charge >= 0.3 is 0 Å². The van der Waals surface area contributed by atoms with Gasteiger partial charge in [0.15, 0.2) is 0 Å². The minimum Gasteiger partial charge on any atom is -0.397 e. The number of hydrogen-bond acceptors (Lipinski definition) is 3. The fourth-order valence-corrected chi connectivity index (χ4v) is 3.23. The van der Waals surface area contributed by atoms with Crippen molar-refractivity contribution in [3.63, 3.8) is 0 Å². The molecule has 0 bridgehead atoms. The standard InChI is InChI=1S/C16H23N3O.C4H8.C2H6/c1-16(7-4-8-16)15(20)19-11-9-18(10-12-19)14-6-3-2-5-13(14)17;1-3-4-2;1-2/h2-3,5-6H,4,7-12,17H2,1H3;3-4H,1-2H3;1-2H3/b;4-3-;. The summed E-state index contributed by atoms with van der Waals surface area (Å²) >= 11 is 0. The van der Waals surface area contributed by atoms with Gasteiger partial charge in [0.1, 0.15) is 0 Å². The van der Waals surface area contributed by atoms with E-state index in [9.17, 15) is 4.79 Å². The summed E-state index contributed by atoms with van der Waals surface area (Å²) in [6.45, 7) is 13.5. The molecule has 0 atom stereocenters. The maximum atomic E-state index is 12.5. The van der Waals surface area contributed by atoms with Gasteiger partial charge in [-0.1, -0.05) is 51.5 Å². The lowest BCUT2D eigenvalue weighted by molar-refractivity contribution is -0.146. The van der Waals surface area contributed by atoms with Crippen molar-refractivity contribution in [3.05, 3.63) is 36.4 Å². The van der Waals surface area contributed by atoms with Gasteiger partial charge < -0.3 is 15.5 Å². The fraction of sp³-hybridized carbons (Fsp3) is 0.591. The molecular weight excluding hydrogens is 322 g/mol. The van der Waals surface area contributed by atoms with Crippen LogP contribution in [0.1, 0.15) is 53.9 Å². The Kier molecular flexibility index (Phi) is 9.25. The third kappa shape index (κ3) is 5.52. The monoisotopic (exact) mass is 359 g/mol. The first-order valence-corrected chi connectivity index (χ1v) is 9.98. The predicted octanol–water partition coefficient (Wildman–Crippen LogP) is 4.72. The Labute approximate surface area is 160 Å². The van der Waals surface area contributed by atoms with Crippen molar-refractivity contribution in [2.75, 3.05) is 36.8 Å². The van der Waals surface area contributed by atoms with Crippen LogP contribution in [0.2, 0.25) is 0 Å². The van der Waals surface area contributed by atoms with Crippen LogP contribution in [0.15, 0.2) is 36.4 Å². The van der Waals surface area contributed by atoms with Crippen LogP contribution in [0, 0.1) is 5.41 Å². The number of carbonyl (C=O) groups is 1. The highest BCUT2D eigenvalue weighted by Crippen LogP contribution is 2.42. The van der Waals surface area contributed by atoms with E-state index in [1.54, 1.807) is 0 Å². The molecule has 2 N–H and O–H groups in total. The van der Waals surface area contributed by atoms with E-state index in [4.69, 9.17) is 5.73 Å². The molecule has 0 unspecified atom stereocenters.